The van der Waals surface area contributed by atoms with Crippen molar-refractivity contribution in [3.05, 3.63) is 65.4 Å². The predicted octanol–water partition coefficient (Wildman–Crippen LogP) is 3.44. The Balaban J connectivity index is 1.89. The highest BCUT2D eigenvalue weighted by Gasteiger charge is 2.11. The highest BCUT2D eigenvalue weighted by Crippen LogP contribution is 2.22. The van der Waals surface area contributed by atoms with Crippen LogP contribution in [-0.2, 0) is 6.54 Å². The maximum atomic E-state index is 12.7. The maximum Gasteiger partial charge on any atom is 0.255 e. The molecular formula is C20H22N4O. The minimum absolute atomic E-state index is 0.159. The summed E-state index contributed by atoms with van der Waals surface area (Å²) in [7, 11) is 3.97. The van der Waals surface area contributed by atoms with Gasteiger partial charge in [-0.2, -0.15) is 0 Å². The molecule has 0 aliphatic heterocycles. The summed E-state index contributed by atoms with van der Waals surface area (Å²) in [6, 6.07) is 15.0. The van der Waals surface area contributed by atoms with Crippen LogP contribution in [-0.4, -0.2) is 29.9 Å². The number of carbonyl (C=O) groups is 1. The molecular weight excluding hydrogens is 312 g/mol. The van der Waals surface area contributed by atoms with Crippen molar-refractivity contribution in [2.24, 2.45) is 0 Å². The topological polar surface area (TPSA) is 71.2 Å². The molecule has 5 heteroatoms. The molecule has 0 atom stereocenters. The van der Waals surface area contributed by atoms with Crippen molar-refractivity contribution in [3.8, 4) is 0 Å². The molecule has 128 valence electrons. The Hall–Kier alpha value is -2.92. The Morgan fingerprint density at radius 3 is 2.68 bits per heavy atom. The monoisotopic (exact) mass is 334 g/mol. The van der Waals surface area contributed by atoms with Gasteiger partial charge in [-0.15, -0.1) is 0 Å². The first-order valence-electron chi connectivity index (χ1n) is 8.14. The molecule has 0 aliphatic rings. The van der Waals surface area contributed by atoms with Crippen molar-refractivity contribution in [2.45, 2.75) is 13.5 Å². The van der Waals surface area contributed by atoms with Crippen molar-refractivity contribution in [1.82, 2.24) is 9.88 Å². The van der Waals surface area contributed by atoms with Gasteiger partial charge in [-0.1, -0.05) is 12.1 Å². The van der Waals surface area contributed by atoms with E-state index in [-0.39, 0.29) is 5.91 Å². The maximum absolute atomic E-state index is 12.7. The molecule has 5 nitrogen and oxygen atoms in total. The first-order valence-corrected chi connectivity index (χ1v) is 8.14. The van der Waals surface area contributed by atoms with E-state index in [1.165, 1.54) is 0 Å². The van der Waals surface area contributed by atoms with Gasteiger partial charge < -0.3 is 16.0 Å². The van der Waals surface area contributed by atoms with E-state index in [1.54, 1.807) is 12.1 Å². The lowest BCUT2D eigenvalue weighted by Gasteiger charge is -2.16. The average Bonchev–Trinajstić information content (AvgIpc) is 2.56. The van der Waals surface area contributed by atoms with Crippen molar-refractivity contribution in [2.75, 3.05) is 25.1 Å². The van der Waals surface area contributed by atoms with Gasteiger partial charge in [0.1, 0.15) is 0 Å². The summed E-state index contributed by atoms with van der Waals surface area (Å²) in [5, 5.41) is 3.93. The zero-order chi connectivity index (χ0) is 18.0. The lowest BCUT2D eigenvalue weighted by Crippen LogP contribution is -2.17. The molecule has 0 unspecified atom stereocenters. The minimum atomic E-state index is -0.159. The number of aryl methyl sites for hydroxylation is 1. The molecule has 0 saturated heterocycles. The summed E-state index contributed by atoms with van der Waals surface area (Å²) < 4.78 is 0. The first kappa shape index (κ1) is 16.9. The molecule has 3 aromatic rings. The molecule has 0 radical (unpaired) electrons. The van der Waals surface area contributed by atoms with E-state index in [2.05, 4.69) is 10.3 Å². The average molecular weight is 334 g/mol. The third kappa shape index (κ3) is 3.95. The van der Waals surface area contributed by atoms with E-state index in [0.29, 0.717) is 11.3 Å². The number of aromatic nitrogens is 1. The number of nitrogen functional groups attached to an aromatic ring is 1. The summed E-state index contributed by atoms with van der Waals surface area (Å²) in [4.78, 5) is 19.2. The Morgan fingerprint density at radius 1 is 1.12 bits per heavy atom. The molecule has 3 rings (SSSR count). The number of nitrogens with two attached hydrogens (primary N) is 1. The van der Waals surface area contributed by atoms with Gasteiger partial charge in [-0.25, -0.2) is 0 Å². The fourth-order valence-corrected chi connectivity index (χ4v) is 2.75. The Bertz CT molecular complexity index is 934. The van der Waals surface area contributed by atoms with Crippen LogP contribution in [0.2, 0.25) is 0 Å². The van der Waals surface area contributed by atoms with Crippen LogP contribution in [0, 0.1) is 6.92 Å². The van der Waals surface area contributed by atoms with Crippen LogP contribution in [0.15, 0.2) is 48.5 Å². The first-order chi connectivity index (χ1) is 11.9. The van der Waals surface area contributed by atoms with Gasteiger partial charge in [0.15, 0.2) is 0 Å². The number of anilines is 2. The molecule has 0 aliphatic carbocycles. The van der Waals surface area contributed by atoms with Crippen LogP contribution >= 0.6 is 0 Å². The molecule has 0 bridgehead atoms. The summed E-state index contributed by atoms with van der Waals surface area (Å²) in [6.07, 6.45) is 0. The predicted molar refractivity (Wildman–Crippen MR) is 103 cm³/mol. The number of hydrogen-bond acceptors (Lipinski definition) is 4. The third-order valence-corrected chi connectivity index (χ3v) is 3.96. The molecule has 1 amide bonds. The second-order valence-corrected chi connectivity index (χ2v) is 6.47. The summed E-state index contributed by atoms with van der Waals surface area (Å²) in [5.41, 5.74) is 10.7. The second-order valence-electron chi connectivity index (χ2n) is 6.47. The molecule has 1 heterocycles. The quantitative estimate of drug-likeness (QED) is 0.717. The second kappa shape index (κ2) is 6.91. The summed E-state index contributed by atoms with van der Waals surface area (Å²) in [6.45, 7) is 2.67. The minimum Gasteiger partial charge on any atom is -0.399 e. The number of benzene rings is 2. The number of amides is 1. The van der Waals surface area contributed by atoms with Gasteiger partial charge >= 0.3 is 0 Å². The van der Waals surface area contributed by atoms with Crippen molar-refractivity contribution in [1.29, 1.82) is 0 Å². The molecule has 3 N–H and O–H groups in total. The molecule has 0 spiro atoms. The zero-order valence-electron chi connectivity index (χ0n) is 14.7. The SMILES string of the molecule is Cc1ccc2cc(C(=O)Nc3cc(N)ccc3CN(C)C)ccc2n1. The van der Waals surface area contributed by atoms with Crippen LogP contribution in [0.3, 0.4) is 0 Å². The van der Waals surface area contributed by atoms with Crippen molar-refractivity contribution < 1.29 is 4.79 Å². The summed E-state index contributed by atoms with van der Waals surface area (Å²) >= 11 is 0. The molecule has 0 fully saturated rings. The highest BCUT2D eigenvalue weighted by atomic mass is 16.1. The van der Waals surface area contributed by atoms with E-state index in [0.717, 1.165) is 34.4 Å². The van der Waals surface area contributed by atoms with Crippen molar-refractivity contribution in [3.63, 3.8) is 0 Å². The largest absolute Gasteiger partial charge is 0.399 e. The van der Waals surface area contributed by atoms with E-state index in [1.807, 2.05) is 62.3 Å². The van der Waals surface area contributed by atoms with E-state index in [9.17, 15) is 4.79 Å². The van der Waals surface area contributed by atoms with Gasteiger partial charge in [-0.3, -0.25) is 9.78 Å². The third-order valence-electron chi connectivity index (χ3n) is 3.96. The van der Waals surface area contributed by atoms with Crippen LogP contribution in [0.5, 0.6) is 0 Å². The van der Waals surface area contributed by atoms with Crippen LogP contribution < -0.4 is 11.1 Å². The Morgan fingerprint density at radius 2 is 1.92 bits per heavy atom. The number of hydrogen-bond donors (Lipinski definition) is 2. The number of carbonyl (C=O) groups excluding carboxylic acids is 1. The van der Waals surface area contributed by atoms with E-state index >= 15 is 0 Å². The molecule has 1 aromatic heterocycles. The summed E-state index contributed by atoms with van der Waals surface area (Å²) in [5.74, 6) is -0.159. The van der Waals surface area contributed by atoms with Gasteiger partial charge in [0.05, 0.1) is 5.52 Å². The van der Waals surface area contributed by atoms with Crippen molar-refractivity contribution >= 4 is 28.2 Å². The Kier molecular flexibility index (Phi) is 4.67. The molecule has 25 heavy (non-hydrogen) atoms. The zero-order valence-corrected chi connectivity index (χ0v) is 14.7. The smallest absolute Gasteiger partial charge is 0.255 e. The fraction of sp³-hybridized carbons (Fsp3) is 0.200. The normalized spacial score (nSPS) is 11.0. The number of pyridine rings is 1. The van der Waals surface area contributed by atoms with Crippen LogP contribution in [0.25, 0.3) is 10.9 Å². The van der Waals surface area contributed by atoms with E-state index < -0.39 is 0 Å². The number of rotatable bonds is 4. The van der Waals surface area contributed by atoms with Gasteiger partial charge in [-0.05, 0) is 63.0 Å². The van der Waals surface area contributed by atoms with Crippen LogP contribution in [0.1, 0.15) is 21.6 Å². The number of nitrogens with one attached hydrogen (secondary N) is 1. The Labute approximate surface area is 147 Å². The lowest BCUT2D eigenvalue weighted by atomic mass is 10.1. The fourth-order valence-electron chi connectivity index (χ4n) is 2.75. The standard InChI is InChI=1S/C20H22N4O/c1-13-4-5-14-10-15(7-9-18(14)22-13)20(25)23-19-11-17(21)8-6-16(19)12-24(2)3/h4-11H,12,21H2,1-3H3,(H,23,25). The van der Waals surface area contributed by atoms with E-state index in [4.69, 9.17) is 5.73 Å². The van der Waals surface area contributed by atoms with Crippen LogP contribution in [0.4, 0.5) is 11.4 Å². The van der Waals surface area contributed by atoms with Gasteiger partial charge in [0.25, 0.3) is 5.91 Å². The molecule has 0 saturated carbocycles. The lowest BCUT2D eigenvalue weighted by molar-refractivity contribution is 0.102. The highest BCUT2D eigenvalue weighted by molar-refractivity contribution is 6.06. The molecule has 2 aromatic carbocycles. The number of fused-ring (bicyclic) bond motifs is 1. The van der Waals surface area contributed by atoms with Gasteiger partial charge in [0, 0.05) is 34.6 Å². The van der Waals surface area contributed by atoms with Gasteiger partial charge in [0.2, 0.25) is 0 Å². The number of nitrogens with zero attached hydrogens (tertiary/aromatic N) is 2.